The molecule has 0 aliphatic carbocycles. The van der Waals surface area contributed by atoms with Gasteiger partial charge in [-0.15, -0.1) is 0 Å². The molecule has 2 aromatic rings. The molecule has 0 saturated carbocycles. The average Bonchev–Trinajstić information content (AvgIpc) is 2.65. The number of carbonyl (C=O) groups is 1. The minimum absolute atomic E-state index is 0.0440. The van der Waals surface area contributed by atoms with Crippen molar-refractivity contribution in [3.63, 3.8) is 0 Å². The van der Waals surface area contributed by atoms with Gasteiger partial charge in [-0.2, -0.15) is 0 Å². The van der Waals surface area contributed by atoms with Crippen LogP contribution in [0.2, 0.25) is 0 Å². The Morgan fingerprint density at radius 3 is 2.80 bits per heavy atom. The number of hydrogen-bond acceptors (Lipinski definition) is 3. The molecule has 0 spiro atoms. The van der Waals surface area contributed by atoms with Crippen LogP contribution in [-0.2, 0) is 6.42 Å². The molecule has 0 fully saturated rings. The fraction of sp³-hybridized carbons (Fsp3) is 0.0909. The van der Waals surface area contributed by atoms with Crippen molar-refractivity contribution in [2.75, 3.05) is 0 Å². The summed E-state index contributed by atoms with van der Waals surface area (Å²) in [4.78, 5) is 15.7. The second-order valence-electron chi connectivity index (χ2n) is 3.02. The van der Waals surface area contributed by atoms with Crippen LogP contribution in [0, 0.1) is 0 Å². The van der Waals surface area contributed by atoms with Gasteiger partial charge in [-0.1, -0.05) is 6.07 Å². The van der Waals surface area contributed by atoms with Crippen molar-refractivity contribution in [3.05, 3.63) is 52.7 Å². The van der Waals surface area contributed by atoms with E-state index in [4.69, 9.17) is 4.42 Å². The lowest BCUT2D eigenvalue weighted by Crippen LogP contribution is -2.04. The van der Waals surface area contributed by atoms with Crippen LogP contribution in [0.3, 0.4) is 0 Å². The minimum atomic E-state index is -0.0440. The first kappa shape index (κ1) is 10.1. The Morgan fingerprint density at radius 1 is 1.33 bits per heavy atom. The fourth-order valence-electron chi connectivity index (χ4n) is 1.22. The molecule has 3 nitrogen and oxygen atoms in total. The summed E-state index contributed by atoms with van der Waals surface area (Å²) in [5.74, 6) is 0.593. The van der Waals surface area contributed by atoms with Gasteiger partial charge in [0.05, 0.1) is 6.42 Å². The molecule has 0 aliphatic rings. The smallest absolute Gasteiger partial charge is 0.188 e. The molecule has 0 N–H and O–H groups in total. The van der Waals surface area contributed by atoms with E-state index >= 15 is 0 Å². The number of aromatic nitrogens is 1. The van der Waals surface area contributed by atoms with E-state index in [-0.39, 0.29) is 12.2 Å². The molecule has 2 heterocycles. The highest BCUT2D eigenvalue weighted by molar-refractivity contribution is 9.10. The number of nitrogens with zero attached hydrogens (tertiary/aromatic N) is 1. The normalized spacial score (nSPS) is 10.2. The van der Waals surface area contributed by atoms with Crippen LogP contribution in [0.5, 0.6) is 0 Å². The van der Waals surface area contributed by atoms with Gasteiger partial charge >= 0.3 is 0 Å². The van der Waals surface area contributed by atoms with Crippen LogP contribution in [0.4, 0.5) is 0 Å². The van der Waals surface area contributed by atoms with E-state index in [1.165, 1.54) is 0 Å². The number of furan rings is 1. The predicted molar refractivity (Wildman–Crippen MR) is 58.7 cm³/mol. The first-order valence-electron chi connectivity index (χ1n) is 4.44. The zero-order valence-electron chi connectivity index (χ0n) is 7.81. The van der Waals surface area contributed by atoms with E-state index in [2.05, 4.69) is 20.9 Å². The van der Waals surface area contributed by atoms with Gasteiger partial charge in [0.2, 0.25) is 0 Å². The maximum absolute atomic E-state index is 11.7. The van der Waals surface area contributed by atoms with Gasteiger partial charge in [0.15, 0.2) is 10.5 Å². The van der Waals surface area contributed by atoms with E-state index in [0.29, 0.717) is 16.1 Å². The van der Waals surface area contributed by atoms with Crippen molar-refractivity contribution in [1.29, 1.82) is 0 Å². The summed E-state index contributed by atoms with van der Waals surface area (Å²) >= 11 is 3.18. The highest BCUT2D eigenvalue weighted by Gasteiger charge is 2.10. The number of carbonyl (C=O) groups excluding carboxylic acids is 1. The third-order valence-electron chi connectivity index (χ3n) is 1.91. The van der Waals surface area contributed by atoms with Crippen LogP contribution in [0.15, 0.2) is 45.6 Å². The third-order valence-corrected chi connectivity index (χ3v) is 2.34. The molecular weight excluding hydrogens is 258 g/mol. The number of Topliss-reactive ketones (excluding diaryl/α,β-unsaturated/α-hetero) is 1. The van der Waals surface area contributed by atoms with Crippen molar-refractivity contribution in [2.45, 2.75) is 6.42 Å². The molecule has 0 amide bonds. The molecule has 4 heteroatoms. The third kappa shape index (κ3) is 2.53. The van der Waals surface area contributed by atoms with Crippen LogP contribution in [-0.4, -0.2) is 10.8 Å². The summed E-state index contributed by atoms with van der Waals surface area (Å²) in [5.41, 5.74) is 0.463. The Kier molecular flexibility index (Phi) is 2.97. The number of hydrogen-bond donors (Lipinski definition) is 0. The maximum atomic E-state index is 11.7. The van der Waals surface area contributed by atoms with Crippen LogP contribution in [0.25, 0.3) is 0 Å². The molecule has 2 rings (SSSR count). The molecule has 0 bridgehead atoms. The highest BCUT2D eigenvalue weighted by atomic mass is 79.9. The van der Waals surface area contributed by atoms with E-state index in [9.17, 15) is 4.79 Å². The lowest BCUT2D eigenvalue weighted by atomic mass is 10.1. The number of halogens is 1. The SMILES string of the molecule is O=C(Cc1ccc(Br)o1)c1ccccn1. The van der Waals surface area contributed by atoms with Gasteiger partial charge in [0.1, 0.15) is 11.5 Å². The topological polar surface area (TPSA) is 43.1 Å². The van der Waals surface area contributed by atoms with Gasteiger partial charge in [-0.05, 0) is 40.2 Å². The summed E-state index contributed by atoms with van der Waals surface area (Å²) in [6, 6.07) is 8.80. The summed E-state index contributed by atoms with van der Waals surface area (Å²) in [7, 11) is 0. The molecular formula is C11H8BrNO2. The maximum Gasteiger partial charge on any atom is 0.188 e. The Hall–Kier alpha value is -1.42. The van der Waals surface area contributed by atoms with E-state index in [1.807, 2.05) is 0 Å². The lowest BCUT2D eigenvalue weighted by molar-refractivity contribution is 0.0982. The molecule has 0 atom stereocenters. The Balaban J connectivity index is 2.11. The van der Waals surface area contributed by atoms with Gasteiger partial charge in [0, 0.05) is 6.20 Å². The molecule has 0 aliphatic heterocycles. The van der Waals surface area contributed by atoms with Crippen molar-refractivity contribution in [1.82, 2.24) is 4.98 Å². The summed E-state index contributed by atoms with van der Waals surface area (Å²) < 4.78 is 5.87. The quantitative estimate of drug-likeness (QED) is 0.802. The van der Waals surface area contributed by atoms with Crippen LogP contribution in [0.1, 0.15) is 16.2 Å². The molecule has 0 saturated heterocycles. The monoisotopic (exact) mass is 265 g/mol. The minimum Gasteiger partial charge on any atom is -0.454 e. The van der Waals surface area contributed by atoms with Crippen LogP contribution >= 0.6 is 15.9 Å². The van der Waals surface area contributed by atoms with Crippen molar-refractivity contribution < 1.29 is 9.21 Å². The first-order chi connectivity index (χ1) is 7.25. The number of rotatable bonds is 3. The molecule has 0 radical (unpaired) electrons. The molecule has 2 aromatic heterocycles. The summed E-state index contributed by atoms with van der Waals surface area (Å²) in [5, 5.41) is 0. The standard InChI is InChI=1S/C11H8BrNO2/c12-11-5-4-8(15-11)7-10(14)9-3-1-2-6-13-9/h1-6H,7H2. The first-order valence-corrected chi connectivity index (χ1v) is 5.23. The Bertz CT molecular complexity index is 464. The second kappa shape index (κ2) is 4.40. The van der Waals surface area contributed by atoms with Gasteiger partial charge in [-0.3, -0.25) is 9.78 Å². The predicted octanol–water partition coefficient (Wildman–Crippen LogP) is 2.86. The van der Waals surface area contributed by atoms with Crippen LogP contribution < -0.4 is 0 Å². The van der Waals surface area contributed by atoms with Crippen molar-refractivity contribution in [2.24, 2.45) is 0 Å². The van der Waals surface area contributed by atoms with Crippen molar-refractivity contribution in [3.8, 4) is 0 Å². The van der Waals surface area contributed by atoms with E-state index in [1.54, 1.807) is 36.5 Å². The average molecular weight is 266 g/mol. The fourth-order valence-corrected chi connectivity index (χ4v) is 1.56. The van der Waals surface area contributed by atoms with Crippen molar-refractivity contribution >= 4 is 21.7 Å². The van der Waals surface area contributed by atoms with Gasteiger partial charge in [-0.25, -0.2) is 0 Å². The largest absolute Gasteiger partial charge is 0.454 e. The molecule has 0 aromatic carbocycles. The van der Waals surface area contributed by atoms with E-state index in [0.717, 1.165) is 0 Å². The zero-order valence-corrected chi connectivity index (χ0v) is 9.40. The molecule has 0 unspecified atom stereocenters. The molecule has 76 valence electrons. The van der Waals surface area contributed by atoms with E-state index < -0.39 is 0 Å². The number of pyridine rings is 1. The van der Waals surface area contributed by atoms with Gasteiger partial charge < -0.3 is 4.42 Å². The Morgan fingerprint density at radius 2 is 2.20 bits per heavy atom. The molecule has 15 heavy (non-hydrogen) atoms. The zero-order chi connectivity index (χ0) is 10.7. The number of ketones is 1. The Labute approximate surface area is 95.3 Å². The second-order valence-corrected chi connectivity index (χ2v) is 3.80. The summed E-state index contributed by atoms with van der Waals surface area (Å²) in [6.07, 6.45) is 1.84. The highest BCUT2D eigenvalue weighted by Crippen LogP contribution is 2.15. The lowest BCUT2D eigenvalue weighted by Gasteiger charge is -1.96. The van der Waals surface area contributed by atoms with Gasteiger partial charge in [0.25, 0.3) is 0 Å². The summed E-state index contributed by atoms with van der Waals surface area (Å²) in [6.45, 7) is 0.